The van der Waals surface area contributed by atoms with Crippen LogP contribution in [-0.4, -0.2) is 47.8 Å². The Kier molecular flexibility index (Phi) is 8.91. The van der Waals surface area contributed by atoms with E-state index in [-0.39, 0.29) is 11.6 Å². The molecule has 0 bridgehead atoms. The van der Waals surface area contributed by atoms with Crippen LogP contribution in [0.2, 0.25) is 0 Å². The molecule has 1 atom stereocenters. The van der Waals surface area contributed by atoms with Crippen LogP contribution in [0.3, 0.4) is 0 Å². The molecule has 0 fully saturated rings. The first-order valence-corrected chi connectivity index (χ1v) is 10.4. The molecule has 0 radical (unpaired) electrons. The van der Waals surface area contributed by atoms with E-state index in [9.17, 15) is 13.9 Å². The van der Waals surface area contributed by atoms with Crippen molar-refractivity contribution < 1.29 is 13.9 Å². The van der Waals surface area contributed by atoms with Crippen LogP contribution >= 0.6 is 28.2 Å². The van der Waals surface area contributed by atoms with E-state index < -0.39 is 24.6 Å². The molecular weight excluding hydrogens is 316 g/mol. The number of ketones is 1. The monoisotopic (exact) mass is 339 g/mol. The van der Waals surface area contributed by atoms with Crippen molar-refractivity contribution >= 4 is 34.0 Å². The van der Waals surface area contributed by atoms with Gasteiger partial charge in [-0.25, -0.2) is 9.97 Å². The first-order chi connectivity index (χ1) is 9.24. The highest BCUT2D eigenvalue weighted by Crippen LogP contribution is 2.57. The van der Waals surface area contributed by atoms with Gasteiger partial charge in [-0.05, 0) is 43.3 Å². The minimum absolute atomic E-state index is 0.00973. The Morgan fingerprint density at radius 1 is 1.35 bits per heavy atom. The van der Waals surface area contributed by atoms with Gasteiger partial charge in [0.25, 0.3) is 0 Å². The first kappa shape index (κ1) is 19.8. The third-order valence-corrected chi connectivity index (χ3v) is 8.25. The predicted molar refractivity (Wildman–Crippen MR) is 90.5 cm³/mol. The minimum atomic E-state index is -3.12. The average molecular weight is 339 g/mol. The maximum absolute atomic E-state index is 11.8. The summed E-state index contributed by atoms with van der Waals surface area (Å²) >= 11 is 0. The fourth-order valence-corrected chi connectivity index (χ4v) is 4.21. The zero-order chi connectivity index (χ0) is 15.9. The van der Waals surface area contributed by atoms with E-state index in [0.717, 1.165) is 5.56 Å². The Morgan fingerprint density at radius 3 is 2.20 bits per heavy atom. The quantitative estimate of drug-likeness (QED) is 0.631. The van der Waals surface area contributed by atoms with Crippen LogP contribution in [0, 0.1) is 6.92 Å². The second kappa shape index (κ2) is 8.98. The van der Waals surface area contributed by atoms with Gasteiger partial charge in [0.2, 0.25) is 5.78 Å². The SMILES string of the molecule is CC.Cc1cnc(C(=O)CS(O)(O)N(P)P(C)C)nc1. The van der Waals surface area contributed by atoms with Crippen molar-refractivity contribution in [3.63, 3.8) is 0 Å². The fraction of sp³-hybridized carbons (Fsp3) is 0.545. The van der Waals surface area contributed by atoms with E-state index in [2.05, 4.69) is 19.4 Å². The van der Waals surface area contributed by atoms with Gasteiger partial charge in [0.15, 0.2) is 5.82 Å². The van der Waals surface area contributed by atoms with E-state index in [1.54, 1.807) is 0 Å². The number of hydrogen-bond acceptors (Lipinski definition) is 6. The van der Waals surface area contributed by atoms with Crippen LogP contribution in [0.4, 0.5) is 0 Å². The maximum Gasteiger partial charge on any atom is 0.220 e. The molecule has 0 aliphatic rings. The summed E-state index contributed by atoms with van der Waals surface area (Å²) < 4.78 is 21.2. The maximum atomic E-state index is 11.8. The van der Waals surface area contributed by atoms with Crippen LogP contribution in [0.5, 0.6) is 0 Å². The van der Waals surface area contributed by atoms with E-state index in [0.29, 0.717) is 0 Å². The number of carbonyl (C=O) groups excluding carboxylic acids is 1. The van der Waals surface area contributed by atoms with Crippen molar-refractivity contribution in [2.45, 2.75) is 20.8 Å². The molecule has 0 saturated heterocycles. The number of carbonyl (C=O) groups is 1. The van der Waals surface area contributed by atoms with Gasteiger partial charge in [-0.15, -0.1) is 10.8 Å². The van der Waals surface area contributed by atoms with E-state index >= 15 is 0 Å². The molecule has 1 aromatic rings. The fourth-order valence-electron chi connectivity index (χ4n) is 1.10. The number of rotatable bonds is 5. The Hall–Kier alpha value is -0.160. The second-order valence-corrected chi connectivity index (χ2v) is 9.60. The molecule has 6 nitrogen and oxygen atoms in total. The minimum Gasteiger partial charge on any atom is -0.289 e. The highest BCUT2D eigenvalue weighted by molar-refractivity contribution is 8.27. The summed E-state index contributed by atoms with van der Waals surface area (Å²) in [5.41, 5.74) is 0.844. The molecular formula is C11H23N3O3P2S. The molecule has 1 rings (SSSR count). The van der Waals surface area contributed by atoms with Crippen LogP contribution in [-0.2, 0) is 0 Å². The van der Waals surface area contributed by atoms with Crippen molar-refractivity contribution in [2.24, 2.45) is 0 Å². The Labute approximate surface area is 125 Å². The molecule has 1 heterocycles. The molecule has 0 saturated carbocycles. The van der Waals surface area contributed by atoms with Gasteiger partial charge in [0.05, 0.1) is 0 Å². The van der Waals surface area contributed by atoms with Crippen molar-refractivity contribution in [2.75, 3.05) is 19.1 Å². The van der Waals surface area contributed by atoms with Crippen LogP contribution < -0.4 is 0 Å². The second-order valence-electron chi connectivity index (χ2n) is 3.93. The Bertz CT molecular complexity index is 429. The lowest BCUT2D eigenvalue weighted by Crippen LogP contribution is -2.22. The molecule has 2 N–H and O–H groups in total. The normalized spacial score (nSPS) is 12.1. The largest absolute Gasteiger partial charge is 0.289 e. The lowest BCUT2D eigenvalue weighted by atomic mass is 10.3. The molecule has 20 heavy (non-hydrogen) atoms. The van der Waals surface area contributed by atoms with Crippen molar-refractivity contribution in [3.8, 4) is 0 Å². The zero-order valence-corrected chi connectivity index (χ0v) is 15.3. The number of hydrogen-bond donors (Lipinski definition) is 2. The molecule has 0 aliphatic carbocycles. The number of nitrogens with zero attached hydrogens (tertiary/aromatic N) is 3. The van der Waals surface area contributed by atoms with E-state index in [1.165, 1.54) is 16.2 Å². The first-order valence-electron chi connectivity index (χ1n) is 6.04. The van der Waals surface area contributed by atoms with Crippen molar-refractivity contribution in [1.82, 2.24) is 13.8 Å². The molecule has 1 aromatic heterocycles. The Morgan fingerprint density at radius 2 is 1.80 bits per heavy atom. The summed E-state index contributed by atoms with van der Waals surface area (Å²) in [6.07, 6.45) is 3.05. The topological polar surface area (TPSA) is 86.5 Å². The van der Waals surface area contributed by atoms with Gasteiger partial charge in [-0.3, -0.25) is 13.9 Å². The van der Waals surface area contributed by atoms with E-state index in [1.807, 2.05) is 34.1 Å². The van der Waals surface area contributed by atoms with Gasteiger partial charge < -0.3 is 0 Å². The van der Waals surface area contributed by atoms with Crippen LogP contribution in [0.15, 0.2) is 12.4 Å². The third-order valence-electron chi connectivity index (χ3n) is 2.05. The molecule has 0 amide bonds. The summed E-state index contributed by atoms with van der Waals surface area (Å²) in [6, 6.07) is 0. The van der Waals surface area contributed by atoms with Gasteiger partial charge in [-0.1, -0.05) is 13.8 Å². The zero-order valence-electron chi connectivity index (χ0n) is 12.4. The standard InChI is InChI=1S/C9H17N3O3P2S.C2H6/c1-7-4-10-9(11-5-7)8(13)6-18(14,15)12(16)17(2)3;1-2/h4-5,14-15H,6,16H2,1-3H3;1-2H3. The van der Waals surface area contributed by atoms with Gasteiger partial charge in [0, 0.05) is 12.4 Å². The summed E-state index contributed by atoms with van der Waals surface area (Å²) in [6.45, 7) is 9.54. The molecule has 0 aliphatic heterocycles. The summed E-state index contributed by atoms with van der Waals surface area (Å²) in [7, 11) is -1.58. The average Bonchev–Trinajstić information content (AvgIpc) is 2.40. The summed E-state index contributed by atoms with van der Waals surface area (Å²) in [4.78, 5) is 19.6. The lowest BCUT2D eigenvalue weighted by molar-refractivity contribution is 0.100. The van der Waals surface area contributed by atoms with Gasteiger partial charge in [0.1, 0.15) is 5.75 Å². The Balaban J connectivity index is 0.00000172. The molecule has 116 valence electrons. The molecule has 0 aromatic carbocycles. The van der Waals surface area contributed by atoms with Gasteiger partial charge >= 0.3 is 0 Å². The van der Waals surface area contributed by atoms with Crippen molar-refractivity contribution in [3.05, 3.63) is 23.8 Å². The van der Waals surface area contributed by atoms with E-state index in [4.69, 9.17) is 0 Å². The van der Waals surface area contributed by atoms with Gasteiger partial charge in [-0.2, -0.15) is 3.85 Å². The molecule has 1 unspecified atom stereocenters. The smallest absolute Gasteiger partial charge is 0.220 e. The number of aryl methyl sites for hydroxylation is 1. The highest BCUT2D eigenvalue weighted by Gasteiger charge is 2.26. The summed E-state index contributed by atoms with van der Waals surface area (Å²) in [5, 5.41) is 0. The predicted octanol–water partition coefficient (Wildman–Crippen LogP) is 3.41. The molecule has 9 heteroatoms. The van der Waals surface area contributed by atoms with Crippen LogP contribution in [0.25, 0.3) is 0 Å². The lowest BCUT2D eigenvalue weighted by Gasteiger charge is -2.41. The van der Waals surface area contributed by atoms with Crippen LogP contribution in [0.1, 0.15) is 30.0 Å². The molecule has 0 spiro atoms. The van der Waals surface area contributed by atoms with Crippen molar-refractivity contribution in [1.29, 1.82) is 0 Å². The summed E-state index contributed by atoms with van der Waals surface area (Å²) in [5.74, 6) is -0.852. The highest BCUT2D eigenvalue weighted by atomic mass is 32.3. The number of Topliss-reactive ketones (excluding diaryl/α,β-unsaturated/α-hetero) is 1. The number of aromatic nitrogens is 2. The third kappa shape index (κ3) is 6.08.